The van der Waals surface area contributed by atoms with Crippen molar-refractivity contribution < 1.29 is 9.59 Å². The van der Waals surface area contributed by atoms with E-state index in [9.17, 15) is 9.59 Å². The quantitative estimate of drug-likeness (QED) is 0.694. The maximum atomic E-state index is 12.5. The Morgan fingerprint density at radius 1 is 1.18 bits per heavy atom. The van der Waals surface area contributed by atoms with Crippen LogP contribution in [0.4, 0.5) is 10.8 Å². The Labute approximate surface area is 171 Å². The third-order valence-electron chi connectivity index (χ3n) is 4.65. The van der Waals surface area contributed by atoms with Crippen LogP contribution in [-0.4, -0.2) is 28.6 Å². The van der Waals surface area contributed by atoms with Crippen LogP contribution in [-0.2, 0) is 4.79 Å². The van der Waals surface area contributed by atoms with Gasteiger partial charge in [0.05, 0.1) is 0 Å². The molecule has 1 unspecified atom stereocenters. The maximum absolute atomic E-state index is 12.5. The number of aromatic nitrogens is 2. The molecule has 0 aliphatic carbocycles. The van der Waals surface area contributed by atoms with Gasteiger partial charge in [-0.25, -0.2) is 0 Å². The van der Waals surface area contributed by atoms with Crippen LogP contribution in [0.3, 0.4) is 0 Å². The predicted molar refractivity (Wildman–Crippen MR) is 110 cm³/mol. The van der Waals surface area contributed by atoms with Crippen molar-refractivity contribution in [1.29, 1.82) is 0 Å². The van der Waals surface area contributed by atoms with Gasteiger partial charge in [0.25, 0.3) is 5.91 Å². The summed E-state index contributed by atoms with van der Waals surface area (Å²) in [7, 11) is 0. The summed E-state index contributed by atoms with van der Waals surface area (Å²) in [5.74, 6) is -0.240. The molecule has 1 aromatic heterocycles. The zero-order valence-electron chi connectivity index (χ0n) is 15.1. The fourth-order valence-corrected chi connectivity index (χ4v) is 4.15. The van der Waals surface area contributed by atoms with E-state index in [4.69, 9.17) is 11.6 Å². The van der Waals surface area contributed by atoms with E-state index >= 15 is 0 Å². The Hall–Kier alpha value is -2.77. The van der Waals surface area contributed by atoms with Crippen LogP contribution in [0.25, 0.3) is 0 Å². The van der Waals surface area contributed by atoms with Crippen molar-refractivity contribution in [3.8, 4) is 0 Å². The number of halogens is 1. The number of carbonyl (C=O) groups excluding carboxylic acids is 2. The summed E-state index contributed by atoms with van der Waals surface area (Å²) in [4.78, 5) is 26.6. The largest absolute Gasteiger partial charge is 0.311 e. The van der Waals surface area contributed by atoms with Crippen LogP contribution in [0.15, 0.2) is 48.5 Å². The lowest BCUT2D eigenvalue weighted by Crippen LogP contribution is -2.25. The number of anilines is 2. The van der Waals surface area contributed by atoms with Crippen molar-refractivity contribution in [2.75, 3.05) is 16.8 Å². The van der Waals surface area contributed by atoms with Crippen LogP contribution in [0, 0.1) is 6.92 Å². The van der Waals surface area contributed by atoms with Crippen molar-refractivity contribution in [1.82, 2.24) is 10.2 Å². The van der Waals surface area contributed by atoms with Crippen molar-refractivity contribution >= 4 is 45.6 Å². The van der Waals surface area contributed by atoms with Gasteiger partial charge >= 0.3 is 0 Å². The number of rotatable bonds is 4. The number of nitrogens with one attached hydrogen (secondary N) is 1. The normalized spacial score (nSPS) is 16.4. The predicted octanol–water partition coefficient (Wildman–Crippen LogP) is 4.27. The average Bonchev–Trinajstić information content (AvgIpc) is 3.29. The Bertz CT molecular complexity index is 1030. The van der Waals surface area contributed by atoms with Crippen LogP contribution in [0.1, 0.15) is 33.3 Å². The third-order valence-corrected chi connectivity index (χ3v) is 5.90. The van der Waals surface area contributed by atoms with Gasteiger partial charge in [0, 0.05) is 35.2 Å². The fourth-order valence-electron chi connectivity index (χ4n) is 3.19. The van der Waals surface area contributed by atoms with Gasteiger partial charge in [-0.2, -0.15) is 0 Å². The van der Waals surface area contributed by atoms with E-state index in [-0.39, 0.29) is 17.7 Å². The van der Waals surface area contributed by atoms with E-state index in [0.29, 0.717) is 28.7 Å². The van der Waals surface area contributed by atoms with Gasteiger partial charge in [-0.05, 0) is 42.8 Å². The monoisotopic (exact) mass is 412 g/mol. The van der Waals surface area contributed by atoms with E-state index in [1.807, 2.05) is 31.2 Å². The number of hydrogen-bond donors (Lipinski definition) is 1. The van der Waals surface area contributed by atoms with Gasteiger partial charge < -0.3 is 4.90 Å². The molecule has 4 rings (SSSR count). The summed E-state index contributed by atoms with van der Waals surface area (Å²) < 4.78 is 0. The standard InChI is InChI=1S/C20H17ClN4O2S/c1-12-4-2-3-5-16(12)25-11-14(10-17(25)26)19-23-24-20(28-19)22-18(27)13-6-8-15(21)9-7-13/h2-9,14H,10-11H2,1H3,(H,22,24,27). The number of hydrogen-bond acceptors (Lipinski definition) is 5. The average molecular weight is 413 g/mol. The molecule has 142 valence electrons. The van der Waals surface area contributed by atoms with Gasteiger partial charge in [-0.1, -0.05) is 41.1 Å². The number of para-hydroxylation sites is 1. The van der Waals surface area contributed by atoms with Crippen molar-refractivity contribution in [3.63, 3.8) is 0 Å². The van der Waals surface area contributed by atoms with Crippen molar-refractivity contribution in [2.45, 2.75) is 19.3 Å². The molecule has 2 aromatic carbocycles. The molecule has 0 spiro atoms. The maximum Gasteiger partial charge on any atom is 0.257 e. The van der Waals surface area contributed by atoms with Gasteiger partial charge in [0.15, 0.2) is 0 Å². The van der Waals surface area contributed by atoms with E-state index in [1.54, 1.807) is 29.2 Å². The lowest BCUT2D eigenvalue weighted by molar-refractivity contribution is -0.117. The van der Waals surface area contributed by atoms with Gasteiger partial charge in [0.1, 0.15) is 5.01 Å². The van der Waals surface area contributed by atoms with E-state index in [0.717, 1.165) is 16.3 Å². The Kier molecular flexibility index (Phi) is 5.11. The first-order valence-corrected chi connectivity index (χ1v) is 9.97. The molecule has 0 bridgehead atoms. The van der Waals surface area contributed by atoms with Crippen LogP contribution in [0.5, 0.6) is 0 Å². The lowest BCUT2D eigenvalue weighted by Gasteiger charge is -2.18. The topological polar surface area (TPSA) is 75.2 Å². The van der Waals surface area contributed by atoms with E-state index in [2.05, 4.69) is 15.5 Å². The molecule has 0 saturated carbocycles. The number of nitrogens with zero attached hydrogens (tertiary/aromatic N) is 3. The second kappa shape index (κ2) is 7.69. The Morgan fingerprint density at radius 2 is 1.93 bits per heavy atom. The van der Waals surface area contributed by atoms with Crippen LogP contribution in [0.2, 0.25) is 5.02 Å². The van der Waals surface area contributed by atoms with Crippen LogP contribution >= 0.6 is 22.9 Å². The highest BCUT2D eigenvalue weighted by molar-refractivity contribution is 7.15. The first-order valence-electron chi connectivity index (χ1n) is 8.77. The zero-order valence-corrected chi connectivity index (χ0v) is 16.6. The van der Waals surface area contributed by atoms with Crippen LogP contribution < -0.4 is 10.2 Å². The van der Waals surface area contributed by atoms with E-state index < -0.39 is 0 Å². The summed E-state index contributed by atoms with van der Waals surface area (Å²) in [6.07, 6.45) is 0.383. The molecule has 2 amide bonds. The molecule has 1 aliphatic rings. The molecule has 8 heteroatoms. The first kappa shape index (κ1) is 18.6. The van der Waals surface area contributed by atoms with E-state index in [1.165, 1.54) is 11.3 Å². The first-order chi connectivity index (χ1) is 13.5. The summed E-state index contributed by atoms with van der Waals surface area (Å²) >= 11 is 7.15. The Balaban J connectivity index is 1.46. The number of aryl methyl sites for hydroxylation is 1. The highest BCUT2D eigenvalue weighted by atomic mass is 35.5. The second-order valence-corrected chi connectivity index (χ2v) is 8.04. The summed E-state index contributed by atoms with van der Waals surface area (Å²) in [6, 6.07) is 14.4. The summed E-state index contributed by atoms with van der Waals surface area (Å²) in [6.45, 7) is 2.55. The molecule has 1 atom stereocenters. The van der Waals surface area contributed by atoms with Gasteiger partial charge in [-0.3, -0.25) is 14.9 Å². The molecular weight excluding hydrogens is 396 g/mol. The Morgan fingerprint density at radius 3 is 2.68 bits per heavy atom. The molecular formula is C20H17ClN4O2S. The smallest absolute Gasteiger partial charge is 0.257 e. The van der Waals surface area contributed by atoms with Crippen molar-refractivity contribution in [2.24, 2.45) is 0 Å². The highest BCUT2D eigenvalue weighted by Gasteiger charge is 2.34. The molecule has 1 N–H and O–H groups in total. The lowest BCUT2D eigenvalue weighted by atomic mass is 10.1. The summed E-state index contributed by atoms with van der Waals surface area (Å²) in [5.41, 5.74) is 2.48. The minimum atomic E-state index is -0.275. The minimum absolute atomic E-state index is 0.0363. The molecule has 1 aliphatic heterocycles. The molecule has 1 saturated heterocycles. The zero-order chi connectivity index (χ0) is 19.7. The molecule has 3 aromatic rings. The van der Waals surface area contributed by atoms with Crippen molar-refractivity contribution in [3.05, 3.63) is 69.7 Å². The molecule has 0 radical (unpaired) electrons. The fraction of sp³-hybridized carbons (Fsp3) is 0.200. The summed E-state index contributed by atoms with van der Waals surface area (Å²) in [5, 5.41) is 12.7. The molecule has 6 nitrogen and oxygen atoms in total. The molecule has 28 heavy (non-hydrogen) atoms. The minimum Gasteiger partial charge on any atom is -0.311 e. The number of benzene rings is 2. The van der Waals surface area contributed by atoms with Gasteiger partial charge in [0.2, 0.25) is 11.0 Å². The third kappa shape index (κ3) is 3.76. The number of amides is 2. The molecule has 2 heterocycles. The number of carbonyl (C=O) groups is 2. The SMILES string of the molecule is Cc1ccccc1N1CC(c2nnc(NC(=O)c3ccc(Cl)cc3)s2)CC1=O. The highest BCUT2D eigenvalue weighted by Crippen LogP contribution is 2.35. The molecule has 1 fully saturated rings. The van der Waals surface area contributed by atoms with Gasteiger partial charge in [-0.15, -0.1) is 10.2 Å². The second-order valence-electron chi connectivity index (χ2n) is 6.60.